The second-order valence-electron chi connectivity index (χ2n) is 18.5. The molecule has 0 amide bonds. The summed E-state index contributed by atoms with van der Waals surface area (Å²) in [5.41, 5.74) is 5.17. The lowest BCUT2D eigenvalue weighted by Crippen LogP contribution is -2.40. The van der Waals surface area contributed by atoms with Crippen LogP contribution in [0, 0.1) is 0 Å². The number of hydrogen-bond acceptors (Lipinski definition) is 10. The minimum atomic E-state index is -4.19. The topological polar surface area (TPSA) is 124 Å². The van der Waals surface area contributed by atoms with E-state index in [2.05, 4.69) is 53.7 Å². The van der Waals surface area contributed by atoms with Crippen molar-refractivity contribution in [2.75, 3.05) is 26.4 Å². The highest BCUT2D eigenvalue weighted by Gasteiger charge is 2.47. The van der Waals surface area contributed by atoms with Crippen molar-refractivity contribution in [3.8, 4) is 0 Å². The van der Waals surface area contributed by atoms with Crippen LogP contribution in [0.4, 0.5) is 0 Å². The van der Waals surface area contributed by atoms with E-state index >= 15 is 0 Å². The number of rotatable bonds is 15. The Hall–Kier alpha value is -1.90. The third kappa shape index (κ3) is 9.85. The first-order valence-corrected chi connectivity index (χ1v) is 24.3. The van der Waals surface area contributed by atoms with Crippen LogP contribution in [0.1, 0.15) is 196 Å². The largest absolute Gasteiger partial charge is 0.347 e. The van der Waals surface area contributed by atoms with Crippen LogP contribution in [-0.2, 0) is 47.5 Å². The summed E-state index contributed by atoms with van der Waals surface area (Å²) >= 11 is 0. The predicted molar refractivity (Wildman–Crippen MR) is 221 cm³/mol. The fraction of sp³-hybridized carbons (Fsp3) is 0.733. The van der Waals surface area contributed by atoms with Crippen LogP contribution in [0.5, 0.6) is 0 Å². The van der Waals surface area contributed by atoms with Crippen LogP contribution >= 0.6 is 0 Å². The van der Waals surface area contributed by atoms with Gasteiger partial charge in [0, 0.05) is 25.7 Å². The highest BCUT2D eigenvalue weighted by molar-refractivity contribution is 7.87. The van der Waals surface area contributed by atoms with Crippen molar-refractivity contribution in [1.82, 2.24) is 0 Å². The molecule has 4 fully saturated rings. The quantitative estimate of drug-likeness (QED) is 0.160. The van der Waals surface area contributed by atoms with Crippen molar-refractivity contribution in [3.63, 3.8) is 0 Å². The molecule has 2 heterocycles. The lowest BCUT2D eigenvalue weighted by Gasteiger charge is -2.36. The van der Waals surface area contributed by atoms with Gasteiger partial charge in [0.2, 0.25) is 0 Å². The Morgan fingerprint density at radius 2 is 0.912 bits per heavy atom. The van der Waals surface area contributed by atoms with E-state index in [0.29, 0.717) is 71.4 Å². The molecular formula is C45H68O10S2. The van der Waals surface area contributed by atoms with Gasteiger partial charge in [0.25, 0.3) is 20.2 Å². The van der Waals surface area contributed by atoms with Crippen LogP contribution in [0.2, 0.25) is 0 Å². The molecule has 4 unspecified atom stereocenters. The zero-order valence-corrected chi connectivity index (χ0v) is 37.7. The Labute approximate surface area is 343 Å². The molecule has 2 aromatic carbocycles. The van der Waals surface area contributed by atoms with Crippen molar-refractivity contribution < 1.29 is 44.1 Å². The molecule has 4 atom stereocenters. The van der Waals surface area contributed by atoms with E-state index in [4.69, 9.17) is 27.3 Å². The van der Waals surface area contributed by atoms with Crippen molar-refractivity contribution >= 4 is 20.2 Å². The first-order valence-electron chi connectivity index (χ1n) is 21.5. The molecule has 0 N–H and O–H groups in total. The van der Waals surface area contributed by atoms with Crippen LogP contribution < -0.4 is 0 Å². The van der Waals surface area contributed by atoms with Gasteiger partial charge in [0.05, 0.1) is 38.6 Å². The van der Waals surface area contributed by atoms with Gasteiger partial charge < -0.3 is 18.9 Å². The Balaban J connectivity index is 1.32. The number of hydrogen-bond donors (Lipinski definition) is 0. The van der Waals surface area contributed by atoms with Crippen molar-refractivity contribution in [3.05, 3.63) is 57.6 Å². The molecule has 0 radical (unpaired) electrons. The summed E-state index contributed by atoms with van der Waals surface area (Å²) in [4.78, 5) is 0.525. The second kappa shape index (κ2) is 17.6. The molecule has 2 spiro atoms. The van der Waals surface area contributed by atoms with Crippen LogP contribution in [0.25, 0.3) is 0 Å². The normalized spacial score (nSPS) is 23.5. The molecule has 6 rings (SSSR count). The van der Waals surface area contributed by atoms with Gasteiger partial charge in [-0.25, -0.2) is 0 Å². The molecular weight excluding hydrogens is 765 g/mol. The minimum absolute atomic E-state index is 0.0646. The van der Waals surface area contributed by atoms with Gasteiger partial charge >= 0.3 is 0 Å². The average Bonchev–Trinajstić information content (AvgIpc) is 3.90. The molecule has 0 bridgehead atoms. The highest BCUT2D eigenvalue weighted by Crippen LogP contribution is 2.45. The highest BCUT2D eigenvalue weighted by atomic mass is 32.2. The van der Waals surface area contributed by atoms with Gasteiger partial charge in [-0.15, -0.1) is 0 Å². The molecule has 2 aromatic rings. The first kappa shape index (κ1) is 44.6. The lowest BCUT2D eigenvalue weighted by molar-refractivity contribution is -0.192. The maximum atomic E-state index is 14.6. The Morgan fingerprint density at radius 3 is 1.30 bits per heavy atom. The summed E-state index contributed by atoms with van der Waals surface area (Å²) in [6, 6.07) is 8.18. The standard InChI is InChI=1S/C45H68O10S2/c1-28(2)34-22-38(30(5)6)42(56(46,47)54-36-12-11-16-44(26-36)50-18-19-51-44)40(24-34)32(9)13-14-33(10)41-25-35(29(3)4)23-39(31(7)8)43(41)57(48,49)55-37-15-17-45(27-37)52-20-21-53-45/h22-25,28-33,36-37H,11-21,26-27H2,1-10H3. The summed E-state index contributed by atoms with van der Waals surface area (Å²) in [7, 11) is -8.37. The molecule has 320 valence electrons. The van der Waals surface area contributed by atoms with E-state index in [1.807, 2.05) is 39.8 Å². The van der Waals surface area contributed by atoms with Crippen LogP contribution in [0.3, 0.4) is 0 Å². The molecule has 2 saturated heterocycles. The SMILES string of the molecule is CC(C)c1cc(C(C)C)c(S(=O)(=O)OC2CCCC3(C2)OCCO3)c(C(C)CCC(C)c2cc(C(C)C)cc(C(C)C)c2S(=O)(=O)OC2CCC3(C2)OCCO3)c1. The second-order valence-corrected chi connectivity index (χ2v) is 21.5. The molecule has 4 aliphatic rings. The van der Waals surface area contributed by atoms with E-state index in [0.717, 1.165) is 46.2 Å². The van der Waals surface area contributed by atoms with Gasteiger partial charge in [-0.2, -0.15) is 16.8 Å². The van der Waals surface area contributed by atoms with Crippen molar-refractivity contribution in [2.45, 2.75) is 196 Å². The lowest BCUT2D eigenvalue weighted by atomic mass is 9.83. The fourth-order valence-electron chi connectivity index (χ4n) is 9.26. The Morgan fingerprint density at radius 1 is 0.544 bits per heavy atom. The number of benzene rings is 2. The van der Waals surface area contributed by atoms with E-state index in [1.54, 1.807) is 0 Å². The summed E-state index contributed by atoms with van der Waals surface area (Å²) in [6.45, 7) is 22.8. The molecule has 10 nitrogen and oxygen atoms in total. The smallest absolute Gasteiger partial charge is 0.297 e. The van der Waals surface area contributed by atoms with E-state index < -0.39 is 44.0 Å². The molecule has 12 heteroatoms. The maximum Gasteiger partial charge on any atom is 0.297 e. The summed E-state index contributed by atoms with van der Waals surface area (Å²) in [5, 5.41) is 0. The van der Waals surface area contributed by atoms with Crippen LogP contribution in [0.15, 0.2) is 34.1 Å². The fourth-order valence-corrected chi connectivity index (χ4v) is 12.8. The molecule has 0 aromatic heterocycles. The van der Waals surface area contributed by atoms with Gasteiger partial charge in [0.15, 0.2) is 11.6 Å². The molecule has 2 aliphatic carbocycles. The average molecular weight is 833 g/mol. The number of ether oxygens (including phenoxy) is 4. The zero-order valence-electron chi connectivity index (χ0n) is 36.0. The van der Waals surface area contributed by atoms with Crippen molar-refractivity contribution in [2.24, 2.45) is 0 Å². The third-order valence-electron chi connectivity index (χ3n) is 12.7. The molecule has 57 heavy (non-hydrogen) atoms. The third-order valence-corrected chi connectivity index (χ3v) is 15.7. The first-order chi connectivity index (χ1) is 26.8. The zero-order chi connectivity index (χ0) is 41.5. The summed E-state index contributed by atoms with van der Waals surface area (Å²) in [6.07, 6.45) is 4.15. The Bertz CT molecular complexity index is 1940. The van der Waals surface area contributed by atoms with Gasteiger partial charge in [-0.3, -0.25) is 8.37 Å². The maximum absolute atomic E-state index is 14.6. The van der Waals surface area contributed by atoms with E-state index in [-0.39, 0.29) is 45.3 Å². The Kier molecular flexibility index (Phi) is 13.8. The van der Waals surface area contributed by atoms with Gasteiger partial charge in [-0.05, 0) is 101 Å². The van der Waals surface area contributed by atoms with Gasteiger partial charge in [0.1, 0.15) is 9.79 Å². The van der Waals surface area contributed by atoms with E-state index in [1.165, 1.54) is 0 Å². The molecule has 2 aliphatic heterocycles. The molecule has 2 saturated carbocycles. The summed E-state index contributed by atoms with van der Waals surface area (Å²) in [5.74, 6) is -1.64. The van der Waals surface area contributed by atoms with Gasteiger partial charge in [-0.1, -0.05) is 93.5 Å². The van der Waals surface area contributed by atoms with Crippen molar-refractivity contribution in [1.29, 1.82) is 0 Å². The summed E-state index contributed by atoms with van der Waals surface area (Å²) < 4.78 is 94.0. The predicted octanol–water partition coefficient (Wildman–Crippen LogP) is 10.3. The van der Waals surface area contributed by atoms with E-state index in [9.17, 15) is 16.8 Å². The minimum Gasteiger partial charge on any atom is -0.347 e. The van der Waals surface area contributed by atoms with Crippen LogP contribution in [-0.4, -0.2) is 67.0 Å². The monoisotopic (exact) mass is 832 g/mol.